The van der Waals surface area contributed by atoms with Gasteiger partial charge in [-0.25, -0.2) is 8.78 Å². The molecule has 0 saturated carbocycles. The second-order valence-corrected chi connectivity index (χ2v) is 3.04. The minimum absolute atomic E-state index is 0.0400. The van der Waals surface area contributed by atoms with E-state index in [1.807, 2.05) is 0 Å². The van der Waals surface area contributed by atoms with Crippen LogP contribution in [-0.2, 0) is 11.3 Å². The number of benzene rings is 1. The van der Waals surface area contributed by atoms with Gasteiger partial charge in [-0.2, -0.15) is 0 Å². The lowest BCUT2D eigenvalue weighted by Gasteiger charge is -2.03. The molecule has 1 N–H and O–H groups in total. The van der Waals surface area contributed by atoms with Crippen LogP contribution >= 0.6 is 0 Å². The molecule has 0 radical (unpaired) electrons. The molecule has 1 aromatic rings. The standard InChI is InChI=1S/C10H11F2NO/c1-7(14)5-13-6-8-4-9(11)2-3-10(8)12/h2-4,13H,5-6H2,1H3. The molecule has 0 unspecified atom stereocenters. The minimum atomic E-state index is -0.481. The van der Waals surface area contributed by atoms with Crippen LogP contribution in [0.2, 0.25) is 0 Å². The average molecular weight is 199 g/mol. The number of hydrogen-bond donors (Lipinski definition) is 1. The molecule has 1 rings (SSSR count). The fourth-order valence-electron chi connectivity index (χ4n) is 1.05. The maximum absolute atomic E-state index is 13.0. The number of hydrogen-bond acceptors (Lipinski definition) is 2. The van der Waals surface area contributed by atoms with Crippen molar-refractivity contribution in [2.24, 2.45) is 0 Å². The number of ketones is 1. The second kappa shape index (κ2) is 4.81. The van der Waals surface area contributed by atoms with E-state index < -0.39 is 11.6 Å². The van der Waals surface area contributed by atoms with Gasteiger partial charge in [0.05, 0.1) is 6.54 Å². The molecule has 0 spiro atoms. The van der Waals surface area contributed by atoms with Crippen LogP contribution in [0.15, 0.2) is 18.2 Å². The molecule has 0 saturated heterocycles. The Labute approximate surface area is 80.9 Å². The predicted molar refractivity (Wildman–Crippen MR) is 48.7 cm³/mol. The third kappa shape index (κ3) is 3.22. The monoisotopic (exact) mass is 199 g/mol. The molecule has 0 aliphatic heterocycles. The quantitative estimate of drug-likeness (QED) is 0.798. The van der Waals surface area contributed by atoms with E-state index >= 15 is 0 Å². The Kier molecular flexibility index (Phi) is 3.71. The van der Waals surface area contributed by atoms with Gasteiger partial charge >= 0.3 is 0 Å². The van der Waals surface area contributed by atoms with Crippen molar-refractivity contribution in [2.45, 2.75) is 13.5 Å². The molecule has 0 heterocycles. The SMILES string of the molecule is CC(=O)CNCc1cc(F)ccc1F. The van der Waals surface area contributed by atoms with Gasteiger partial charge in [-0.15, -0.1) is 0 Å². The van der Waals surface area contributed by atoms with Crippen LogP contribution in [0.5, 0.6) is 0 Å². The lowest BCUT2D eigenvalue weighted by Crippen LogP contribution is -2.20. The number of nitrogens with one attached hydrogen (secondary N) is 1. The molecule has 1 aromatic carbocycles. The van der Waals surface area contributed by atoms with Gasteiger partial charge in [-0.05, 0) is 25.1 Å². The fourth-order valence-corrected chi connectivity index (χ4v) is 1.05. The van der Waals surface area contributed by atoms with Crippen molar-refractivity contribution in [1.29, 1.82) is 0 Å². The van der Waals surface area contributed by atoms with Gasteiger partial charge in [0.15, 0.2) is 0 Å². The van der Waals surface area contributed by atoms with Crippen molar-refractivity contribution in [3.05, 3.63) is 35.4 Å². The summed E-state index contributed by atoms with van der Waals surface area (Å²) in [4.78, 5) is 10.6. The van der Waals surface area contributed by atoms with E-state index in [-0.39, 0.29) is 24.4 Å². The van der Waals surface area contributed by atoms with E-state index in [1.54, 1.807) is 0 Å². The van der Waals surface area contributed by atoms with Crippen LogP contribution < -0.4 is 5.32 Å². The third-order valence-corrected chi connectivity index (χ3v) is 1.70. The normalized spacial score (nSPS) is 10.2. The largest absolute Gasteiger partial charge is 0.306 e. The van der Waals surface area contributed by atoms with Crippen LogP contribution in [0.1, 0.15) is 12.5 Å². The maximum Gasteiger partial charge on any atom is 0.143 e. The summed E-state index contributed by atoms with van der Waals surface area (Å²) in [5.74, 6) is -0.990. The molecule has 0 fully saturated rings. The van der Waals surface area contributed by atoms with Gasteiger partial charge in [0, 0.05) is 12.1 Å². The minimum Gasteiger partial charge on any atom is -0.306 e. The highest BCUT2D eigenvalue weighted by molar-refractivity contribution is 5.77. The summed E-state index contributed by atoms with van der Waals surface area (Å²) in [6, 6.07) is 3.24. The van der Waals surface area contributed by atoms with Crippen molar-refractivity contribution in [3.63, 3.8) is 0 Å². The smallest absolute Gasteiger partial charge is 0.143 e. The first kappa shape index (κ1) is 10.8. The van der Waals surface area contributed by atoms with Gasteiger partial charge in [-0.1, -0.05) is 0 Å². The first-order valence-corrected chi connectivity index (χ1v) is 4.23. The number of carbonyl (C=O) groups is 1. The zero-order valence-corrected chi connectivity index (χ0v) is 7.81. The van der Waals surface area contributed by atoms with Crippen LogP contribution in [0.3, 0.4) is 0 Å². The zero-order valence-electron chi connectivity index (χ0n) is 7.81. The van der Waals surface area contributed by atoms with Gasteiger partial charge in [0.2, 0.25) is 0 Å². The first-order chi connectivity index (χ1) is 6.59. The molecule has 76 valence electrons. The summed E-state index contributed by atoms with van der Waals surface area (Å²) in [5, 5.41) is 2.71. The lowest BCUT2D eigenvalue weighted by molar-refractivity contribution is -0.116. The Morgan fingerprint density at radius 2 is 2.14 bits per heavy atom. The van der Waals surface area contributed by atoms with Crippen LogP contribution in [-0.4, -0.2) is 12.3 Å². The summed E-state index contributed by atoms with van der Waals surface area (Å²) in [5.41, 5.74) is 0.228. The highest BCUT2D eigenvalue weighted by atomic mass is 19.1. The zero-order chi connectivity index (χ0) is 10.6. The van der Waals surface area contributed by atoms with Crippen molar-refractivity contribution in [3.8, 4) is 0 Å². The molecule has 2 nitrogen and oxygen atoms in total. The molecule has 4 heteroatoms. The van der Waals surface area contributed by atoms with Crippen molar-refractivity contribution in [1.82, 2.24) is 5.32 Å². The van der Waals surface area contributed by atoms with Gasteiger partial charge in [0.25, 0.3) is 0 Å². The molecular formula is C10H11F2NO. The number of carbonyl (C=O) groups excluding carboxylic acids is 1. The van der Waals surface area contributed by atoms with Gasteiger partial charge in [0.1, 0.15) is 17.4 Å². The number of halogens is 2. The Morgan fingerprint density at radius 3 is 2.79 bits per heavy atom. The van der Waals surface area contributed by atoms with E-state index in [9.17, 15) is 13.6 Å². The Balaban J connectivity index is 2.57. The molecular weight excluding hydrogens is 188 g/mol. The fraction of sp³-hybridized carbons (Fsp3) is 0.300. The second-order valence-electron chi connectivity index (χ2n) is 3.04. The molecule has 0 atom stereocenters. The van der Waals surface area contributed by atoms with E-state index in [1.165, 1.54) is 6.92 Å². The van der Waals surface area contributed by atoms with Crippen molar-refractivity contribution < 1.29 is 13.6 Å². The van der Waals surface area contributed by atoms with Crippen LogP contribution in [0, 0.1) is 11.6 Å². The first-order valence-electron chi connectivity index (χ1n) is 4.23. The lowest BCUT2D eigenvalue weighted by atomic mass is 10.2. The highest BCUT2D eigenvalue weighted by Crippen LogP contribution is 2.08. The van der Waals surface area contributed by atoms with Crippen molar-refractivity contribution in [2.75, 3.05) is 6.54 Å². The number of rotatable bonds is 4. The highest BCUT2D eigenvalue weighted by Gasteiger charge is 2.03. The summed E-state index contributed by atoms with van der Waals surface area (Å²) in [6.07, 6.45) is 0. The Bertz CT molecular complexity index is 339. The Morgan fingerprint density at radius 1 is 1.43 bits per heavy atom. The predicted octanol–water partition coefficient (Wildman–Crippen LogP) is 1.64. The average Bonchev–Trinajstić information content (AvgIpc) is 2.10. The molecule has 0 amide bonds. The van der Waals surface area contributed by atoms with Gasteiger partial charge in [-0.3, -0.25) is 4.79 Å². The summed E-state index contributed by atoms with van der Waals surface area (Å²) >= 11 is 0. The molecule has 0 bridgehead atoms. The van der Waals surface area contributed by atoms with Crippen LogP contribution in [0.25, 0.3) is 0 Å². The Hall–Kier alpha value is -1.29. The summed E-state index contributed by atoms with van der Waals surface area (Å²) in [7, 11) is 0. The molecule has 0 aliphatic carbocycles. The van der Waals surface area contributed by atoms with E-state index in [0.29, 0.717) is 0 Å². The van der Waals surface area contributed by atoms with Crippen LogP contribution in [0.4, 0.5) is 8.78 Å². The van der Waals surface area contributed by atoms with E-state index in [2.05, 4.69) is 5.32 Å². The third-order valence-electron chi connectivity index (χ3n) is 1.70. The maximum atomic E-state index is 13.0. The van der Waals surface area contributed by atoms with E-state index in [4.69, 9.17) is 0 Å². The van der Waals surface area contributed by atoms with Crippen molar-refractivity contribution >= 4 is 5.78 Å². The summed E-state index contributed by atoms with van der Waals surface area (Å²) < 4.78 is 25.7. The number of Topliss-reactive ketones (excluding diaryl/α,β-unsaturated/α-hetero) is 1. The summed E-state index contributed by atoms with van der Waals surface area (Å²) in [6.45, 7) is 1.74. The topological polar surface area (TPSA) is 29.1 Å². The molecule has 14 heavy (non-hydrogen) atoms. The molecule has 0 aliphatic rings. The van der Waals surface area contributed by atoms with Gasteiger partial charge < -0.3 is 5.32 Å². The molecule has 0 aromatic heterocycles. The van der Waals surface area contributed by atoms with E-state index in [0.717, 1.165) is 18.2 Å².